The van der Waals surface area contributed by atoms with Gasteiger partial charge in [0.25, 0.3) is 0 Å². The van der Waals surface area contributed by atoms with E-state index < -0.39 is 6.04 Å². The molecule has 0 saturated heterocycles. The molecule has 2 N–H and O–H groups in total. The third-order valence-corrected chi connectivity index (χ3v) is 4.37. The summed E-state index contributed by atoms with van der Waals surface area (Å²) in [6.07, 6.45) is 0. The Kier molecular flexibility index (Phi) is 5.03. The smallest absolute Gasteiger partial charge is 0.248 e. The molecule has 0 aliphatic rings. The average Bonchev–Trinajstić information content (AvgIpc) is 2.77. The van der Waals surface area contributed by atoms with Crippen LogP contribution < -0.4 is 15.4 Å². The quantitative estimate of drug-likeness (QED) is 0.885. The van der Waals surface area contributed by atoms with Crippen LogP contribution in [0.15, 0.2) is 18.2 Å². The van der Waals surface area contributed by atoms with Gasteiger partial charge in [0.05, 0.1) is 18.5 Å². The van der Waals surface area contributed by atoms with Crippen molar-refractivity contribution in [3.8, 4) is 5.75 Å². The summed E-state index contributed by atoms with van der Waals surface area (Å²) >= 11 is 1.48. The lowest BCUT2D eigenvalue weighted by Crippen LogP contribution is -2.32. The minimum atomic E-state index is -0.403. The number of methoxy groups -OCH3 is 1. The molecule has 5 nitrogen and oxygen atoms in total. The number of anilines is 2. The summed E-state index contributed by atoms with van der Waals surface area (Å²) < 4.78 is 5.31. The van der Waals surface area contributed by atoms with Gasteiger partial charge in [-0.15, -0.1) is 11.3 Å². The fourth-order valence-electron chi connectivity index (χ4n) is 1.97. The number of nitrogens with one attached hydrogen (secondary N) is 2. The Morgan fingerprint density at radius 3 is 2.64 bits per heavy atom. The molecule has 1 unspecified atom stereocenters. The molecule has 118 valence electrons. The number of benzene rings is 1. The zero-order chi connectivity index (χ0) is 16.3. The van der Waals surface area contributed by atoms with Crippen LogP contribution in [0.3, 0.4) is 0 Å². The molecular formula is C16H21N3O2S. The summed E-state index contributed by atoms with van der Waals surface area (Å²) in [5.74, 6) is 0.587. The molecule has 0 radical (unpaired) electrons. The fourth-order valence-corrected chi connectivity index (χ4v) is 2.79. The molecule has 1 atom stereocenters. The van der Waals surface area contributed by atoms with Crippen molar-refractivity contribution in [3.63, 3.8) is 0 Å². The molecule has 1 aromatic carbocycles. The molecule has 0 aliphatic carbocycles. The van der Waals surface area contributed by atoms with Crippen LogP contribution in [-0.2, 0) is 4.79 Å². The zero-order valence-corrected chi connectivity index (χ0v) is 14.3. The van der Waals surface area contributed by atoms with E-state index in [0.29, 0.717) is 10.9 Å². The van der Waals surface area contributed by atoms with Crippen LogP contribution in [0, 0.1) is 20.8 Å². The number of amides is 1. The van der Waals surface area contributed by atoms with E-state index in [1.807, 2.05) is 45.9 Å². The van der Waals surface area contributed by atoms with Gasteiger partial charge in [0.15, 0.2) is 5.13 Å². The highest BCUT2D eigenvalue weighted by Crippen LogP contribution is 2.26. The molecule has 1 aromatic heterocycles. The fraction of sp³-hybridized carbons (Fsp3) is 0.375. The van der Waals surface area contributed by atoms with Crippen molar-refractivity contribution < 1.29 is 9.53 Å². The van der Waals surface area contributed by atoms with Crippen LogP contribution in [0.2, 0.25) is 0 Å². The largest absolute Gasteiger partial charge is 0.495 e. The van der Waals surface area contributed by atoms with Crippen molar-refractivity contribution in [2.24, 2.45) is 0 Å². The number of hydrogen-bond acceptors (Lipinski definition) is 5. The molecule has 0 spiro atoms. The second kappa shape index (κ2) is 6.79. The highest BCUT2D eigenvalue weighted by Gasteiger charge is 2.16. The van der Waals surface area contributed by atoms with E-state index in [9.17, 15) is 4.79 Å². The van der Waals surface area contributed by atoms with Gasteiger partial charge in [0.2, 0.25) is 5.91 Å². The standard InChI is InChI=1S/C16H21N3O2S/c1-9-6-7-14(21-5)13(8-9)17-11(3)15(20)19-16-18-10(2)12(4)22-16/h6-8,11,17H,1-5H3,(H,18,19,20). The van der Waals surface area contributed by atoms with E-state index in [1.165, 1.54) is 11.3 Å². The summed E-state index contributed by atoms with van der Waals surface area (Å²) in [5.41, 5.74) is 2.85. The topological polar surface area (TPSA) is 63.2 Å². The van der Waals surface area contributed by atoms with Gasteiger partial charge < -0.3 is 15.4 Å². The van der Waals surface area contributed by atoms with Crippen molar-refractivity contribution in [1.29, 1.82) is 0 Å². The van der Waals surface area contributed by atoms with E-state index >= 15 is 0 Å². The van der Waals surface area contributed by atoms with E-state index in [2.05, 4.69) is 15.6 Å². The first-order valence-corrected chi connectivity index (χ1v) is 7.88. The molecule has 1 heterocycles. The maximum Gasteiger partial charge on any atom is 0.248 e. The highest BCUT2D eigenvalue weighted by molar-refractivity contribution is 7.15. The third-order valence-electron chi connectivity index (χ3n) is 3.38. The Bertz CT molecular complexity index is 663. The molecule has 2 rings (SSSR count). The number of nitrogens with zero attached hydrogens (tertiary/aromatic N) is 1. The maximum atomic E-state index is 12.3. The predicted molar refractivity (Wildman–Crippen MR) is 91.0 cm³/mol. The first-order valence-electron chi connectivity index (χ1n) is 7.06. The minimum Gasteiger partial charge on any atom is -0.495 e. The van der Waals surface area contributed by atoms with Crippen LogP contribution in [0.4, 0.5) is 10.8 Å². The Labute approximate surface area is 134 Å². The van der Waals surface area contributed by atoms with E-state index in [-0.39, 0.29) is 5.91 Å². The maximum absolute atomic E-state index is 12.3. The van der Waals surface area contributed by atoms with Crippen molar-refractivity contribution in [2.75, 3.05) is 17.7 Å². The normalized spacial score (nSPS) is 11.9. The van der Waals surface area contributed by atoms with Gasteiger partial charge in [0, 0.05) is 4.88 Å². The highest BCUT2D eigenvalue weighted by atomic mass is 32.1. The number of hydrogen-bond donors (Lipinski definition) is 2. The van der Waals surface area contributed by atoms with E-state index in [4.69, 9.17) is 4.74 Å². The Balaban J connectivity index is 2.06. The van der Waals surface area contributed by atoms with Crippen molar-refractivity contribution in [1.82, 2.24) is 4.98 Å². The molecule has 1 amide bonds. The van der Waals surface area contributed by atoms with Crippen LogP contribution in [-0.4, -0.2) is 24.0 Å². The van der Waals surface area contributed by atoms with Gasteiger partial charge >= 0.3 is 0 Å². The molecule has 0 aliphatic heterocycles. The Morgan fingerprint density at radius 2 is 2.05 bits per heavy atom. The SMILES string of the molecule is COc1ccc(C)cc1NC(C)C(=O)Nc1nc(C)c(C)s1. The lowest BCUT2D eigenvalue weighted by atomic mass is 10.2. The van der Waals surface area contributed by atoms with E-state index in [1.54, 1.807) is 7.11 Å². The van der Waals surface area contributed by atoms with Crippen LogP contribution >= 0.6 is 11.3 Å². The molecule has 6 heteroatoms. The van der Waals surface area contributed by atoms with Crippen LogP contribution in [0.25, 0.3) is 0 Å². The van der Waals surface area contributed by atoms with Crippen molar-refractivity contribution >= 4 is 28.1 Å². The van der Waals surface area contributed by atoms with Gasteiger partial charge in [-0.3, -0.25) is 4.79 Å². The Hall–Kier alpha value is -2.08. The number of thiazole rings is 1. The average molecular weight is 319 g/mol. The summed E-state index contributed by atoms with van der Waals surface area (Å²) in [7, 11) is 1.61. The molecular weight excluding hydrogens is 298 g/mol. The lowest BCUT2D eigenvalue weighted by molar-refractivity contribution is -0.116. The van der Waals surface area contributed by atoms with Crippen molar-refractivity contribution in [3.05, 3.63) is 34.3 Å². The number of carbonyl (C=O) groups excluding carboxylic acids is 1. The molecule has 22 heavy (non-hydrogen) atoms. The summed E-state index contributed by atoms with van der Waals surface area (Å²) in [4.78, 5) is 17.7. The lowest BCUT2D eigenvalue weighted by Gasteiger charge is -2.17. The van der Waals surface area contributed by atoms with Crippen molar-refractivity contribution in [2.45, 2.75) is 33.7 Å². The Morgan fingerprint density at radius 1 is 1.32 bits per heavy atom. The third kappa shape index (κ3) is 3.76. The van der Waals surface area contributed by atoms with Crippen LogP contribution in [0.5, 0.6) is 5.75 Å². The predicted octanol–water partition coefficient (Wildman–Crippen LogP) is 3.52. The number of ether oxygens (including phenoxy) is 1. The number of aryl methyl sites for hydroxylation is 3. The molecule has 0 fully saturated rings. The van der Waals surface area contributed by atoms with Crippen LogP contribution in [0.1, 0.15) is 23.1 Å². The van der Waals surface area contributed by atoms with Gasteiger partial charge in [-0.2, -0.15) is 0 Å². The number of carbonyl (C=O) groups is 1. The number of rotatable bonds is 5. The van der Waals surface area contributed by atoms with Gasteiger partial charge in [-0.25, -0.2) is 4.98 Å². The van der Waals surface area contributed by atoms with Gasteiger partial charge in [-0.1, -0.05) is 6.07 Å². The molecule has 0 bridgehead atoms. The van der Waals surface area contributed by atoms with Gasteiger partial charge in [0.1, 0.15) is 11.8 Å². The first kappa shape index (κ1) is 16.3. The minimum absolute atomic E-state index is 0.127. The molecule has 2 aromatic rings. The second-order valence-electron chi connectivity index (χ2n) is 5.22. The summed E-state index contributed by atoms with van der Waals surface area (Å²) in [5, 5.41) is 6.65. The second-order valence-corrected chi connectivity index (χ2v) is 6.42. The number of aromatic nitrogens is 1. The molecule has 0 saturated carbocycles. The summed E-state index contributed by atoms with van der Waals surface area (Å²) in [6, 6.07) is 5.41. The first-order chi connectivity index (χ1) is 10.4. The van der Waals surface area contributed by atoms with E-state index in [0.717, 1.165) is 21.8 Å². The zero-order valence-electron chi connectivity index (χ0n) is 13.5. The monoisotopic (exact) mass is 319 g/mol. The van der Waals surface area contributed by atoms with Gasteiger partial charge in [-0.05, 0) is 45.4 Å². The summed E-state index contributed by atoms with van der Waals surface area (Å²) in [6.45, 7) is 7.73.